The van der Waals surface area contributed by atoms with E-state index in [1.165, 1.54) is 0 Å². The van der Waals surface area contributed by atoms with Crippen LogP contribution in [0.4, 0.5) is 0 Å². The molecule has 0 aromatic rings. The Hall–Kier alpha value is -4.48. The fraction of sp³-hybridized carbons (Fsp3) is 0.541. The smallest absolute Gasteiger partial charge is 0.306 e. The summed E-state index contributed by atoms with van der Waals surface area (Å²) in [6.45, 7) is 7.25. The molecule has 1 unspecified atom stereocenters. The molecule has 0 rings (SSSR count). The lowest BCUT2D eigenvalue weighted by Gasteiger charge is -2.18. The molecule has 0 aliphatic rings. The van der Waals surface area contributed by atoms with Gasteiger partial charge in [0.15, 0.2) is 6.10 Å². The molecule has 66 heavy (non-hydrogen) atoms. The Morgan fingerprint density at radius 3 is 1.02 bits per heavy atom. The van der Waals surface area contributed by atoms with Gasteiger partial charge in [0.1, 0.15) is 6.61 Å². The van der Waals surface area contributed by atoms with Crippen LogP contribution in [0.25, 0.3) is 0 Å². The van der Waals surface area contributed by atoms with Gasteiger partial charge in [-0.25, -0.2) is 0 Å². The van der Waals surface area contributed by atoms with Crippen LogP contribution in [0.15, 0.2) is 158 Å². The van der Waals surface area contributed by atoms with Crippen molar-refractivity contribution in [2.24, 2.45) is 0 Å². The molecule has 0 saturated heterocycles. The number of rotatable bonds is 45. The van der Waals surface area contributed by atoms with Crippen molar-refractivity contribution >= 4 is 11.9 Å². The number of unbranched alkanes of at least 4 members (excludes halogenated alkanes) is 8. The summed E-state index contributed by atoms with van der Waals surface area (Å²) in [5.41, 5.74) is 0. The molecular weight excluding hydrogens is 813 g/mol. The standard InChI is InChI=1S/C61H94O5/c1-4-7-10-13-16-19-22-25-27-29-30-31-33-35-38-41-44-47-50-53-56-64-57-59(66-61(63)55-52-49-46-43-40-36-24-21-18-15-12-9-6-3)58-65-60(62)54-51-48-45-42-39-37-34-32-28-26-23-20-17-14-11-8-5-2/h7-12,16-21,25-28,30-31,34-38,40,44,47,59H,4-6,13-15,22-24,29,32-33,39,41-43,45-46,48-58H2,1-3H3/b10-7-,11-8-,12-9-,19-16-,20-17-,21-18-,27-25-,28-26-,31-30-,37-34-,38-35-,40-36-,47-44-. The second-order valence-corrected chi connectivity index (χ2v) is 16.3. The van der Waals surface area contributed by atoms with Gasteiger partial charge in [0.2, 0.25) is 0 Å². The second-order valence-electron chi connectivity index (χ2n) is 16.3. The number of ether oxygens (including phenoxy) is 3. The molecule has 0 radical (unpaired) electrons. The fourth-order valence-corrected chi connectivity index (χ4v) is 6.29. The molecule has 0 heterocycles. The predicted molar refractivity (Wildman–Crippen MR) is 288 cm³/mol. The van der Waals surface area contributed by atoms with Gasteiger partial charge >= 0.3 is 11.9 Å². The summed E-state index contributed by atoms with van der Waals surface area (Å²) in [6.07, 6.45) is 81.2. The Bertz CT molecular complexity index is 1490. The summed E-state index contributed by atoms with van der Waals surface area (Å²) in [4.78, 5) is 25.4. The third kappa shape index (κ3) is 52.1. The van der Waals surface area contributed by atoms with Crippen molar-refractivity contribution in [3.8, 4) is 0 Å². The minimum absolute atomic E-state index is 0.0255. The predicted octanol–water partition coefficient (Wildman–Crippen LogP) is 17.9. The van der Waals surface area contributed by atoms with E-state index in [1.807, 2.05) is 0 Å². The van der Waals surface area contributed by atoms with E-state index in [2.05, 4.69) is 179 Å². The van der Waals surface area contributed by atoms with Gasteiger partial charge in [0.25, 0.3) is 0 Å². The summed E-state index contributed by atoms with van der Waals surface area (Å²) >= 11 is 0. The first-order valence-corrected chi connectivity index (χ1v) is 26.0. The van der Waals surface area contributed by atoms with Crippen molar-refractivity contribution in [2.45, 2.75) is 194 Å². The lowest BCUT2D eigenvalue weighted by molar-refractivity contribution is -0.163. The molecule has 0 fully saturated rings. The van der Waals surface area contributed by atoms with E-state index in [0.717, 1.165) is 154 Å². The van der Waals surface area contributed by atoms with Gasteiger partial charge < -0.3 is 14.2 Å². The summed E-state index contributed by atoms with van der Waals surface area (Å²) in [7, 11) is 0. The zero-order valence-corrected chi connectivity index (χ0v) is 42.1. The number of esters is 2. The van der Waals surface area contributed by atoms with Gasteiger partial charge in [0, 0.05) is 19.4 Å². The highest BCUT2D eigenvalue weighted by molar-refractivity contribution is 5.70. The minimum Gasteiger partial charge on any atom is -0.462 e. The monoisotopic (exact) mass is 907 g/mol. The lowest BCUT2D eigenvalue weighted by atomic mass is 10.1. The van der Waals surface area contributed by atoms with Crippen LogP contribution in [0.2, 0.25) is 0 Å². The van der Waals surface area contributed by atoms with Crippen LogP contribution in [0, 0.1) is 0 Å². The van der Waals surface area contributed by atoms with Gasteiger partial charge in [-0.2, -0.15) is 0 Å². The van der Waals surface area contributed by atoms with Crippen molar-refractivity contribution in [2.75, 3.05) is 19.8 Å². The largest absolute Gasteiger partial charge is 0.462 e. The van der Waals surface area contributed by atoms with Crippen molar-refractivity contribution in [1.29, 1.82) is 0 Å². The number of hydrogen-bond donors (Lipinski definition) is 0. The summed E-state index contributed by atoms with van der Waals surface area (Å²) < 4.78 is 17.3. The number of allylic oxidation sites excluding steroid dienone is 26. The van der Waals surface area contributed by atoms with Crippen LogP contribution in [-0.2, 0) is 23.8 Å². The van der Waals surface area contributed by atoms with Crippen LogP contribution in [0.3, 0.4) is 0 Å². The molecule has 0 aliphatic carbocycles. The third-order valence-electron chi connectivity index (χ3n) is 10.0. The Morgan fingerprint density at radius 1 is 0.333 bits per heavy atom. The van der Waals surface area contributed by atoms with Gasteiger partial charge in [-0.1, -0.05) is 198 Å². The maximum absolute atomic E-state index is 12.8. The summed E-state index contributed by atoms with van der Waals surface area (Å²) in [5, 5.41) is 0. The highest BCUT2D eigenvalue weighted by atomic mass is 16.6. The molecule has 1 atom stereocenters. The Balaban J connectivity index is 4.49. The number of hydrogen-bond acceptors (Lipinski definition) is 5. The van der Waals surface area contributed by atoms with Crippen molar-refractivity contribution in [1.82, 2.24) is 0 Å². The van der Waals surface area contributed by atoms with Crippen LogP contribution in [-0.4, -0.2) is 37.9 Å². The first kappa shape index (κ1) is 61.5. The molecule has 5 heteroatoms. The Morgan fingerprint density at radius 2 is 0.636 bits per heavy atom. The molecule has 0 aromatic heterocycles. The van der Waals surface area contributed by atoms with E-state index in [1.54, 1.807) is 0 Å². The van der Waals surface area contributed by atoms with Crippen LogP contribution >= 0.6 is 0 Å². The zero-order chi connectivity index (χ0) is 47.7. The molecule has 0 amide bonds. The Kier molecular flexibility index (Phi) is 51.1. The third-order valence-corrected chi connectivity index (χ3v) is 10.0. The van der Waals surface area contributed by atoms with Gasteiger partial charge in [0.05, 0.1) is 6.61 Å². The highest BCUT2D eigenvalue weighted by Gasteiger charge is 2.17. The van der Waals surface area contributed by atoms with Gasteiger partial charge in [-0.15, -0.1) is 0 Å². The van der Waals surface area contributed by atoms with Crippen LogP contribution in [0.1, 0.15) is 188 Å². The van der Waals surface area contributed by atoms with Crippen molar-refractivity contribution < 1.29 is 23.8 Å². The van der Waals surface area contributed by atoms with E-state index >= 15 is 0 Å². The molecule has 0 aliphatic heterocycles. The van der Waals surface area contributed by atoms with Crippen molar-refractivity contribution in [3.05, 3.63) is 158 Å². The average Bonchev–Trinajstić information content (AvgIpc) is 3.32. The Labute approximate surface area is 405 Å². The van der Waals surface area contributed by atoms with Crippen molar-refractivity contribution in [3.63, 3.8) is 0 Å². The van der Waals surface area contributed by atoms with E-state index in [4.69, 9.17) is 14.2 Å². The maximum Gasteiger partial charge on any atom is 0.306 e. The van der Waals surface area contributed by atoms with E-state index in [-0.39, 0.29) is 25.2 Å². The van der Waals surface area contributed by atoms with Crippen LogP contribution < -0.4 is 0 Å². The summed E-state index contributed by atoms with van der Waals surface area (Å²) in [5.74, 6) is -0.506. The van der Waals surface area contributed by atoms with E-state index in [0.29, 0.717) is 19.4 Å². The van der Waals surface area contributed by atoms with Crippen LogP contribution in [0.5, 0.6) is 0 Å². The topological polar surface area (TPSA) is 61.8 Å². The maximum atomic E-state index is 12.8. The average molecular weight is 907 g/mol. The minimum atomic E-state index is -0.605. The summed E-state index contributed by atoms with van der Waals surface area (Å²) in [6, 6.07) is 0. The normalized spacial score (nSPS) is 13.6. The molecule has 0 N–H and O–H groups in total. The molecular formula is C61H94O5. The lowest BCUT2D eigenvalue weighted by Crippen LogP contribution is -2.30. The van der Waals surface area contributed by atoms with Gasteiger partial charge in [-0.3, -0.25) is 9.59 Å². The zero-order valence-electron chi connectivity index (χ0n) is 42.1. The molecule has 0 saturated carbocycles. The first-order valence-electron chi connectivity index (χ1n) is 26.0. The fourth-order valence-electron chi connectivity index (χ4n) is 6.29. The first-order chi connectivity index (χ1) is 32.6. The molecule has 0 spiro atoms. The van der Waals surface area contributed by atoms with E-state index in [9.17, 15) is 9.59 Å². The number of carbonyl (C=O) groups is 2. The SMILES string of the molecule is CC/C=C\C/C=C\C/C=C\C/C=C\C/C=C\C/C=C\CCCOCC(COC(=O)CCCCCC/C=C\C/C=C\C/C=C\C/C=C\CC)OC(=O)CCCCC/C=C\C/C=C\C/C=C\CC. The molecule has 0 bridgehead atoms. The number of carbonyl (C=O) groups excluding carboxylic acids is 2. The molecule has 5 nitrogen and oxygen atoms in total. The second kappa shape index (κ2) is 54.9. The van der Waals surface area contributed by atoms with E-state index < -0.39 is 6.10 Å². The highest BCUT2D eigenvalue weighted by Crippen LogP contribution is 2.10. The molecule has 368 valence electrons. The quantitative estimate of drug-likeness (QED) is 0.0346. The van der Waals surface area contributed by atoms with Gasteiger partial charge in [-0.05, 0) is 135 Å². The molecule has 0 aromatic carbocycles.